The van der Waals surface area contributed by atoms with Crippen LogP contribution in [0.1, 0.15) is 45.1 Å². The van der Waals surface area contributed by atoms with Gasteiger partial charge in [-0.15, -0.1) is 0 Å². The van der Waals surface area contributed by atoms with Crippen molar-refractivity contribution in [1.29, 1.82) is 0 Å². The molecule has 1 aliphatic heterocycles. The van der Waals surface area contributed by atoms with Crippen molar-refractivity contribution in [2.24, 2.45) is 10.9 Å². The van der Waals surface area contributed by atoms with E-state index in [1.807, 2.05) is 18.2 Å². The highest BCUT2D eigenvalue weighted by molar-refractivity contribution is 5.79. The van der Waals surface area contributed by atoms with Gasteiger partial charge in [0.05, 0.1) is 20.8 Å². The van der Waals surface area contributed by atoms with Crippen molar-refractivity contribution in [3.8, 4) is 11.5 Å². The molecule has 1 heterocycles. The lowest BCUT2D eigenvalue weighted by molar-refractivity contribution is 0.189. The minimum absolute atomic E-state index is 0.564. The second-order valence-corrected chi connectivity index (χ2v) is 7.53. The van der Waals surface area contributed by atoms with Gasteiger partial charge in [0.2, 0.25) is 0 Å². The lowest BCUT2D eigenvalue weighted by Gasteiger charge is -2.30. The lowest BCUT2D eigenvalue weighted by Crippen LogP contribution is -2.38. The first-order valence-corrected chi connectivity index (χ1v) is 10.6. The smallest absolute Gasteiger partial charge is 0.191 e. The average molecular weight is 391 g/mol. The van der Waals surface area contributed by atoms with Crippen LogP contribution in [0, 0.1) is 5.92 Å². The SMILES string of the molecule is CCNC(=NCc1ccc(OC)cc1OC)NCCCCN1CCC(C)CC1. The van der Waals surface area contributed by atoms with Gasteiger partial charge in [-0.25, -0.2) is 4.99 Å². The van der Waals surface area contributed by atoms with E-state index in [4.69, 9.17) is 14.5 Å². The zero-order valence-electron chi connectivity index (χ0n) is 18.1. The first-order chi connectivity index (χ1) is 13.7. The molecule has 1 aromatic carbocycles. The number of rotatable bonds is 10. The van der Waals surface area contributed by atoms with Gasteiger partial charge in [0.1, 0.15) is 11.5 Å². The summed E-state index contributed by atoms with van der Waals surface area (Å²) in [5.74, 6) is 3.35. The largest absolute Gasteiger partial charge is 0.497 e. The van der Waals surface area contributed by atoms with Crippen LogP contribution in [0.5, 0.6) is 11.5 Å². The predicted molar refractivity (Wildman–Crippen MR) is 116 cm³/mol. The van der Waals surface area contributed by atoms with Gasteiger partial charge in [0.25, 0.3) is 0 Å². The minimum Gasteiger partial charge on any atom is -0.497 e. The molecule has 6 heteroatoms. The third-order valence-corrected chi connectivity index (χ3v) is 5.32. The van der Waals surface area contributed by atoms with Crippen LogP contribution in [0.2, 0.25) is 0 Å². The Kier molecular flexibility index (Phi) is 9.97. The third-order valence-electron chi connectivity index (χ3n) is 5.32. The van der Waals surface area contributed by atoms with Crippen molar-refractivity contribution in [3.63, 3.8) is 0 Å². The van der Waals surface area contributed by atoms with Crippen LogP contribution in [0.15, 0.2) is 23.2 Å². The normalized spacial score (nSPS) is 16.1. The van der Waals surface area contributed by atoms with Gasteiger partial charge in [-0.05, 0) is 70.3 Å². The number of methoxy groups -OCH3 is 2. The Morgan fingerprint density at radius 1 is 1.14 bits per heavy atom. The van der Waals surface area contributed by atoms with Crippen molar-refractivity contribution >= 4 is 5.96 Å². The summed E-state index contributed by atoms with van der Waals surface area (Å²) in [5, 5.41) is 6.77. The topological polar surface area (TPSA) is 58.1 Å². The van der Waals surface area contributed by atoms with E-state index < -0.39 is 0 Å². The van der Waals surface area contributed by atoms with E-state index in [0.29, 0.717) is 6.54 Å². The molecule has 1 aromatic rings. The van der Waals surface area contributed by atoms with Crippen LogP contribution in [0.4, 0.5) is 0 Å². The maximum absolute atomic E-state index is 5.46. The number of hydrogen-bond acceptors (Lipinski definition) is 4. The molecule has 0 bridgehead atoms. The van der Waals surface area contributed by atoms with Crippen molar-refractivity contribution in [1.82, 2.24) is 15.5 Å². The number of nitrogens with one attached hydrogen (secondary N) is 2. The van der Waals surface area contributed by atoms with Crippen molar-refractivity contribution in [2.75, 3.05) is 46.9 Å². The molecule has 1 fully saturated rings. The first-order valence-electron chi connectivity index (χ1n) is 10.6. The van der Waals surface area contributed by atoms with Gasteiger partial charge in [-0.2, -0.15) is 0 Å². The fourth-order valence-electron chi connectivity index (χ4n) is 3.44. The van der Waals surface area contributed by atoms with Crippen LogP contribution in [0.25, 0.3) is 0 Å². The fraction of sp³-hybridized carbons (Fsp3) is 0.682. The van der Waals surface area contributed by atoms with Crippen LogP contribution >= 0.6 is 0 Å². The summed E-state index contributed by atoms with van der Waals surface area (Å²) >= 11 is 0. The molecule has 28 heavy (non-hydrogen) atoms. The van der Waals surface area contributed by atoms with E-state index in [0.717, 1.165) is 48.5 Å². The Labute approximate surface area is 170 Å². The highest BCUT2D eigenvalue weighted by atomic mass is 16.5. The number of ether oxygens (including phenoxy) is 2. The molecular weight excluding hydrogens is 352 g/mol. The zero-order valence-corrected chi connectivity index (χ0v) is 18.1. The fourth-order valence-corrected chi connectivity index (χ4v) is 3.44. The number of unbranched alkanes of at least 4 members (excludes halogenated alkanes) is 1. The van der Waals surface area contributed by atoms with Gasteiger partial charge in [-0.3, -0.25) is 0 Å². The lowest BCUT2D eigenvalue weighted by atomic mass is 9.99. The Bertz CT molecular complexity index is 598. The number of guanidine groups is 1. The molecule has 0 unspecified atom stereocenters. The first kappa shape index (κ1) is 22.3. The van der Waals surface area contributed by atoms with Crippen LogP contribution in [0.3, 0.4) is 0 Å². The molecule has 1 saturated heterocycles. The minimum atomic E-state index is 0.564. The second-order valence-electron chi connectivity index (χ2n) is 7.53. The number of aliphatic imine (C=N–C) groups is 1. The van der Waals surface area contributed by atoms with Crippen molar-refractivity contribution in [3.05, 3.63) is 23.8 Å². The molecule has 0 radical (unpaired) electrons. The number of likely N-dealkylation sites (tertiary alicyclic amines) is 1. The molecule has 0 amide bonds. The van der Waals surface area contributed by atoms with Gasteiger partial charge in [0.15, 0.2) is 5.96 Å². The van der Waals surface area contributed by atoms with Gasteiger partial charge in [-0.1, -0.05) is 6.92 Å². The molecule has 2 rings (SSSR count). The number of nitrogens with zero attached hydrogens (tertiary/aromatic N) is 2. The maximum atomic E-state index is 5.46. The standard InChI is InChI=1S/C22H38N4O2/c1-5-23-22(24-12-6-7-13-26-14-10-18(2)11-15-26)25-17-19-8-9-20(27-3)16-21(19)28-4/h8-9,16,18H,5-7,10-15,17H2,1-4H3,(H2,23,24,25). The van der Waals surface area contributed by atoms with Gasteiger partial charge < -0.3 is 25.0 Å². The summed E-state index contributed by atoms with van der Waals surface area (Å²) in [7, 11) is 3.33. The predicted octanol–water partition coefficient (Wildman–Crippen LogP) is 3.27. The summed E-state index contributed by atoms with van der Waals surface area (Å²) < 4.78 is 10.7. The summed E-state index contributed by atoms with van der Waals surface area (Å²) in [4.78, 5) is 7.31. The highest BCUT2D eigenvalue weighted by Crippen LogP contribution is 2.25. The molecule has 0 aromatic heterocycles. The maximum Gasteiger partial charge on any atom is 0.191 e. The zero-order chi connectivity index (χ0) is 20.2. The Balaban J connectivity index is 1.76. The van der Waals surface area contributed by atoms with Crippen LogP contribution in [-0.4, -0.2) is 57.8 Å². The number of benzene rings is 1. The molecule has 1 aliphatic rings. The van der Waals surface area contributed by atoms with E-state index >= 15 is 0 Å². The van der Waals surface area contributed by atoms with E-state index in [9.17, 15) is 0 Å². The second kappa shape index (κ2) is 12.5. The average Bonchev–Trinajstić information content (AvgIpc) is 2.72. The van der Waals surface area contributed by atoms with Crippen LogP contribution in [-0.2, 0) is 6.54 Å². The molecule has 2 N–H and O–H groups in total. The Morgan fingerprint density at radius 3 is 2.61 bits per heavy atom. The quantitative estimate of drug-likeness (QED) is 0.365. The van der Waals surface area contributed by atoms with Gasteiger partial charge in [0, 0.05) is 24.7 Å². The molecule has 0 spiro atoms. The number of hydrogen-bond donors (Lipinski definition) is 2. The van der Waals surface area contributed by atoms with Gasteiger partial charge >= 0.3 is 0 Å². The molecule has 158 valence electrons. The molecule has 6 nitrogen and oxygen atoms in total. The molecule has 0 atom stereocenters. The summed E-state index contributed by atoms with van der Waals surface area (Å²) in [6.07, 6.45) is 5.09. The number of piperidine rings is 1. The third kappa shape index (κ3) is 7.58. The summed E-state index contributed by atoms with van der Waals surface area (Å²) in [6, 6.07) is 5.84. The highest BCUT2D eigenvalue weighted by Gasteiger charge is 2.14. The van der Waals surface area contributed by atoms with Crippen LogP contribution < -0.4 is 20.1 Å². The van der Waals surface area contributed by atoms with Crippen molar-refractivity contribution in [2.45, 2.75) is 46.1 Å². The molecule has 0 aliphatic carbocycles. The summed E-state index contributed by atoms with van der Waals surface area (Å²) in [6.45, 7) is 10.5. The Morgan fingerprint density at radius 2 is 1.93 bits per heavy atom. The van der Waals surface area contributed by atoms with E-state index in [1.165, 1.54) is 38.9 Å². The monoisotopic (exact) mass is 390 g/mol. The van der Waals surface area contributed by atoms with E-state index in [-0.39, 0.29) is 0 Å². The van der Waals surface area contributed by atoms with E-state index in [2.05, 4.69) is 29.4 Å². The molecule has 0 saturated carbocycles. The molecular formula is C22H38N4O2. The summed E-state index contributed by atoms with van der Waals surface area (Å²) in [5.41, 5.74) is 1.04. The Hall–Kier alpha value is -1.95. The van der Waals surface area contributed by atoms with Crippen molar-refractivity contribution < 1.29 is 9.47 Å². The van der Waals surface area contributed by atoms with E-state index in [1.54, 1.807) is 14.2 Å².